The molecule has 0 aromatic carbocycles. The predicted molar refractivity (Wildman–Crippen MR) is 343 cm³/mol. The van der Waals surface area contributed by atoms with Crippen molar-refractivity contribution in [2.75, 3.05) is 78.9 Å². The minimum Gasteiger partial charge on any atom is -0.394 e. The van der Waals surface area contributed by atoms with Gasteiger partial charge in [0.1, 0.15) is 36.6 Å². The summed E-state index contributed by atoms with van der Waals surface area (Å²) in [4.78, 5) is 77.5. The molecule has 28 heteroatoms. The van der Waals surface area contributed by atoms with Crippen LogP contribution in [-0.4, -0.2) is 246 Å². The average Bonchev–Trinajstić information content (AvgIpc) is 0.982. The van der Waals surface area contributed by atoms with E-state index in [2.05, 4.69) is 37.2 Å². The van der Waals surface area contributed by atoms with Crippen LogP contribution in [0.5, 0.6) is 0 Å². The van der Waals surface area contributed by atoms with Gasteiger partial charge in [-0.15, -0.1) is 0 Å². The van der Waals surface area contributed by atoms with Gasteiger partial charge in [-0.05, 0) is 103 Å². The van der Waals surface area contributed by atoms with E-state index in [0.717, 1.165) is 32.1 Å². The van der Waals surface area contributed by atoms with Gasteiger partial charge < -0.3 is 112 Å². The summed E-state index contributed by atoms with van der Waals surface area (Å²) in [5.41, 5.74) is -0.731. The van der Waals surface area contributed by atoms with E-state index in [9.17, 15) is 74.7 Å². The summed E-state index contributed by atoms with van der Waals surface area (Å²) in [6.45, 7) is 11.5. The zero-order chi connectivity index (χ0) is 68.6. The molecule has 3 aliphatic heterocycles. The Hall–Kier alpha value is -3.82. The fraction of sp³-hybridized carbons (Fsp3) is 0.908. The molecule has 3 fully saturated rings. The lowest BCUT2D eigenvalue weighted by molar-refractivity contribution is -0.282. The smallest absolute Gasteiger partial charge is 0.220 e. The molecule has 0 aromatic heterocycles. The van der Waals surface area contributed by atoms with E-state index in [0.29, 0.717) is 168 Å². The average molecular weight is 1340 g/mol. The summed E-state index contributed by atoms with van der Waals surface area (Å²) in [5, 5.41) is 111. The molecular weight excluding hydrogens is 1210 g/mol. The van der Waals surface area contributed by atoms with Crippen LogP contribution >= 0.6 is 0 Å². The first kappa shape index (κ1) is 83.4. The van der Waals surface area contributed by atoms with Gasteiger partial charge in [0.05, 0.1) is 38.1 Å². The van der Waals surface area contributed by atoms with Crippen LogP contribution in [0, 0.1) is 17.8 Å². The first-order chi connectivity index (χ1) is 44.6. The van der Waals surface area contributed by atoms with E-state index in [1.54, 1.807) is 20.8 Å². The van der Waals surface area contributed by atoms with Crippen molar-refractivity contribution < 1.29 is 103 Å². The Labute approximate surface area is 551 Å². The molecule has 0 aliphatic carbocycles. The molecule has 15 atom stereocenters. The number of carbonyl (C=O) groups is 6. The third-order valence-electron chi connectivity index (χ3n) is 17.6. The summed E-state index contributed by atoms with van der Waals surface area (Å²) in [7, 11) is 0. The Balaban J connectivity index is 1.36. The van der Waals surface area contributed by atoms with Crippen molar-refractivity contribution in [1.29, 1.82) is 0 Å². The van der Waals surface area contributed by atoms with Gasteiger partial charge in [0.2, 0.25) is 35.4 Å². The first-order valence-electron chi connectivity index (χ1n) is 34.7. The van der Waals surface area contributed by atoms with Crippen LogP contribution < -0.4 is 37.2 Å². The van der Waals surface area contributed by atoms with E-state index in [1.165, 1.54) is 0 Å². The zero-order valence-electron chi connectivity index (χ0n) is 56.3. The van der Waals surface area contributed by atoms with Crippen LogP contribution in [0.1, 0.15) is 195 Å². The topological polar surface area (TPSA) is 424 Å². The van der Waals surface area contributed by atoms with Crippen molar-refractivity contribution in [3.63, 3.8) is 0 Å². The molecule has 15 unspecified atom stereocenters. The quantitative estimate of drug-likeness (QED) is 0.0368. The Morgan fingerprint density at radius 1 is 0.355 bits per heavy atom. The highest BCUT2D eigenvalue weighted by molar-refractivity contribution is 5.78. The first-order valence-corrected chi connectivity index (χ1v) is 34.7. The van der Waals surface area contributed by atoms with Crippen molar-refractivity contribution in [2.24, 2.45) is 17.8 Å². The number of hydrogen-bond acceptors (Lipinski definition) is 22. The van der Waals surface area contributed by atoms with E-state index in [-0.39, 0.29) is 60.7 Å². The maximum atomic E-state index is 13.3. The summed E-state index contributed by atoms with van der Waals surface area (Å²) < 4.78 is 34.0. The van der Waals surface area contributed by atoms with Gasteiger partial charge in [0.25, 0.3) is 0 Å². The molecule has 0 bridgehead atoms. The van der Waals surface area contributed by atoms with Crippen molar-refractivity contribution >= 4 is 35.4 Å². The standard InChI is InChI=1S/C65H121N7O21/c1-43(2)72-65(29-26-54(80)70-35-17-15-33-67-51(77)23-11-7-20-38-89-63-45(4)57(83)60(86)48(41-74)92-63,30-27-55(81)71-36-18-16-34-68-52(78)24-12-8-21-39-90-64-46(5)58(84)61(87)49(42-75)93-64)28-25-53(79)69-32-14-9-13-31-66-50(76)22-10-6-19-37-88-62-44(3)56(82)59(85)47(40-73)91-62/h43-49,56-64,72-75,82-87H,6-42H2,1-5H3,(H,66,76)(H,67,77)(H,68,78)(H,69,79)(H,70,80)(H,71,81). The second kappa shape index (κ2) is 48.0. The van der Waals surface area contributed by atoms with Gasteiger partial charge in [0.15, 0.2) is 18.9 Å². The third kappa shape index (κ3) is 33.3. The van der Waals surface area contributed by atoms with Crippen LogP contribution in [0.15, 0.2) is 0 Å². The summed E-state index contributed by atoms with van der Waals surface area (Å²) >= 11 is 0. The second-order valence-corrected chi connectivity index (χ2v) is 25.9. The lowest BCUT2D eigenvalue weighted by Gasteiger charge is -2.40. The summed E-state index contributed by atoms with van der Waals surface area (Å²) in [6.07, 6.45) is 1.84. The Kier molecular flexibility index (Phi) is 43.0. The Morgan fingerprint density at radius 3 is 0.839 bits per heavy atom. The molecule has 3 aliphatic rings. The number of aliphatic hydroxyl groups excluding tert-OH is 9. The maximum Gasteiger partial charge on any atom is 0.220 e. The number of aliphatic hydroxyl groups is 9. The van der Waals surface area contributed by atoms with E-state index < -0.39 is 117 Å². The number of carbonyl (C=O) groups excluding carboxylic acids is 6. The maximum absolute atomic E-state index is 13.3. The summed E-state index contributed by atoms with van der Waals surface area (Å²) in [5.74, 6) is -2.09. The molecule has 0 spiro atoms. The van der Waals surface area contributed by atoms with E-state index in [1.807, 2.05) is 13.8 Å². The van der Waals surface area contributed by atoms with Crippen LogP contribution in [0.4, 0.5) is 0 Å². The molecular formula is C65H121N7O21. The monoisotopic (exact) mass is 1340 g/mol. The lowest BCUT2D eigenvalue weighted by atomic mass is 9.82. The number of rotatable bonds is 51. The van der Waals surface area contributed by atoms with Gasteiger partial charge in [-0.25, -0.2) is 0 Å². The second-order valence-electron chi connectivity index (χ2n) is 25.9. The number of ether oxygens (including phenoxy) is 6. The summed E-state index contributed by atoms with van der Waals surface area (Å²) in [6, 6.07) is -0.0352. The molecule has 3 rings (SSSR count). The Bertz CT molecular complexity index is 1980. The molecule has 93 heavy (non-hydrogen) atoms. The highest BCUT2D eigenvalue weighted by Gasteiger charge is 2.45. The number of unbranched alkanes of at least 4 members (excludes halogenated alkanes) is 10. The highest BCUT2D eigenvalue weighted by Crippen LogP contribution is 2.31. The number of hydrogen-bond donors (Lipinski definition) is 16. The van der Waals surface area contributed by atoms with Crippen molar-refractivity contribution in [1.82, 2.24) is 37.2 Å². The van der Waals surface area contributed by atoms with Crippen LogP contribution in [0.2, 0.25) is 0 Å². The van der Waals surface area contributed by atoms with Crippen molar-refractivity contribution in [2.45, 2.75) is 281 Å². The van der Waals surface area contributed by atoms with Crippen LogP contribution in [0.3, 0.4) is 0 Å². The fourth-order valence-electron chi connectivity index (χ4n) is 11.6. The van der Waals surface area contributed by atoms with E-state index >= 15 is 0 Å². The van der Waals surface area contributed by atoms with E-state index in [4.69, 9.17) is 28.4 Å². The van der Waals surface area contributed by atoms with Gasteiger partial charge in [0, 0.05) is 127 Å². The Morgan fingerprint density at radius 2 is 0.591 bits per heavy atom. The molecule has 0 saturated carbocycles. The number of amides is 6. The van der Waals surface area contributed by atoms with Gasteiger partial charge in [-0.2, -0.15) is 0 Å². The van der Waals surface area contributed by atoms with Crippen molar-refractivity contribution in [3.05, 3.63) is 0 Å². The molecule has 3 saturated heterocycles. The molecule has 6 amide bonds. The highest BCUT2D eigenvalue weighted by atomic mass is 16.7. The largest absolute Gasteiger partial charge is 0.394 e. The molecule has 0 aromatic rings. The molecule has 28 nitrogen and oxygen atoms in total. The molecule has 542 valence electrons. The fourth-order valence-corrected chi connectivity index (χ4v) is 11.6. The minimum atomic E-state index is -1.19. The third-order valence-corrected chi connectivity index (χ3v) is 17.6. The lowest BCUT2D eigenvalue weighted by Crippen LogP contribution is -2.55. The van der Waals surface area contributed by atoms with Gasteiger partial charge in [-0.1, -0.05) is 53.9 Å². The minimum absolute atomic E-state index is 0.0352. The predicted octanol–water partition coefficient (Wildman–Crippen LogP) is 0.448. The molecule has 3 heterocycles. The van der Waals surface area contributed by atoms with Crippen LogP contribution in [0.25, 0.3) is 0 Å². The SMILES string of the molecule is CC(C)NC(CCC(=O)NCCCCCNC(=O)CCCCCOC1OC(CO)C(O)C(O)C1C)(CCC(=O)NCCCCNC(=O)CCCCCOC1OC(CO)C(O)C(O)C1C)CCC(=O)NCCCCNC(=O)CCCCCOC1OC(CO)C(O)C(O)C1C. The number of nitrogens with one attached hydrogen (secondary N) is 7. The molecule has 16 N–H and O–H groups in total. The molecule has 0 radical (unpaired) electrons. The van der Waals surface area contributed by atoms with Crippen LogP contribution in [-0.2, 0) is 57.2 Å². The zero-order valence-corrected chi connectivity index (χ0v) is 56.3. The van der Waals surface area contributed by atoms with Gasteiger partial charge in [-0.3, -0.25) is 28.8 Å². The van der Waals surface area contributed by atoms with Gasteiger partial charge >= 0.3 is 0 Å². The normalized spacial score (nSPS) is 27.1. The van der Waals surface area contributed by atoms with Crippen molar-refractivity contribution in [3.8, 4) is 0 Å².